The van der Waals surface area contributed by atoms with Crippen molar-refractivity contribution in [3.63, 3.8) is 0 Å². The number of hydrogen-bond donors (Lipinski definition) is 2. The van der Waals surface area contributed by atoms with E-state index in [2.05, 4.69) is 6.58 Å². The highest BCUT2D eigenvalue weighted by Crippen LogP contribution is 2.26. The fraction of sp³-hybridized carbons (Fsp3) is 0.111. The monoisotopic (exact) mass is 180 g/mol. The first-order valence-corrected chi connectivity index (χ1v) is 4.61. The van der Waals surface area contributed by atoms with E-state index in [9.17, 15) is 0 Å². The molecule has 0 radical (unpaired) electrons. The predicted octanol–water partition coefficient (Wildman–Crippen LogP) is 2.13. The van der Waals surface area contributed by atoms with Crippen LogP contribution in [-0.2, 0) is 0 Å². The second kappa shape index (κ2) is 4.07. The summed E-state index contributed by atoms with van der Waals surface area (Å²) in [5, 5.41) is 0. The third-order valence-electron chi connectivity index (χ3n) is 1.39. The topological polar surface area (TPSA) is 52.0 Å². The Labute approximate surface area is 76.6 Å². The van der Waals surface area contributed by atoms with Gasteiger partial charge in [0.25, 0.3) is 0 Å². The standard InChI is InChI=1S/C9H12N2S/c1-2-5-12-9-6-7(10)3-4-8(9)11/h2-4,6H,1,5,10-11H2. The van der Waals surface area contributed by atoms with E-state index in [1.165, 1.54) is 0 Å². The average molecular weight is 180 g/mol. The maximum atomic E-state index is 5.72. The summed E-state index contributed by atoms with van der Waals surface area (Å²) in [5.74, 6) is 0.855. The zero-order chi connectivity index (χ0) is 8.97. The van der Waals surface area contributed by atoms with Crippen molar-refractivity contribution in [2.75, 3.05) is 17.2 Å². The van der Waals surface area contributed by atoms with Crippen molar-refractivity contribution in [1.29, 1.82) is 0 Å². The fourth-order valence-corrected chi connectivity index (χ4v) is 1.58. The van der Waals surface area contributed by atoms with E-state index in [1.54, 1.807) is 17.8 Å². The highest BCUT2D eigenvalue weighted by Gasteiger charge is 1.98. The molecular weight excluding hydrogens is 168 g/mol. The maximum Gasteiger partial charge on any atom is 0.0453 e. The predicted molar refractivity (Wildman–Crippen MR) is 56.2 cm³/mol. The van der Waals surface area contributed by atoms with Crippen LogP contribution in [0.1, 0.15) is 0 Å². The molecule has 0 aliphatic rings. The number of hydrogen-bond acceptors (Lipinski definition) is 3. The van der Waals surface area contributed by atoms with Gasteiger partial charge in [0.1, 0.15) is 0 Å². The Bertz CT molecular complexity index is 284. The van der Waals surface area contributed by atoms with Gasteiger partial charge < -0.3 is 11.5 Å². The molecule has 0 unspecified atom stereocenters. The van der Waals surface area contributed by atoms with E-state index >= 15 is 0 Å². The van der Waals surface area contributed by atoms with E-state index in [0.29, 0.717) is 0 Å². The molecular formula is C9H12N2S. The van der Waals surface area contributed by atoms with Crippen molar-refractivity contribution < 1.29 is 0 Å². The summed E-state index contributed by atoms with van der Waals surface area (Å²) in [6, 6.07) is 5.50. The van der Waals surface area contributed by atoms with E-state index in [0.717, 1.165) is 22.0 Å². The summed E-state index contributed by atoms with van der Waals surface area (Å²) >= 11 is 1.64. The maximum absolute atomic E-state index is 5.72. The summed E-state index contributed by atoms with van der Waals surface area (Å²) in [7, 11) is 0. The second-order valence-electron chi connectivity index (χ2n) is 2.40. The summed E-state index contributed by atoms with van der Waals surface area (Å²) in [4.78, 5) is 1.02. The molecule has 0 heterocycles. The molecule has 0 bridgehead atoms. The molecule has 0 aliphatic heterocycles. The Balaban J connectivity index is 2.82. The SMILES string of the molecule is C=CCSc1cc(N)ccc1N. The van der Waals surface area contributed by atoms with Crippen LogP contribution >= 0.6 is 11.8 Å². The van der Waals surface area contributed by atoms with Crippen LogP contribution in [0.2, 0.25) is 0 Å². The Morgan fingerprint density at radius 2 is 2.17 bits per heavy atom. The molecule has 64 valence electrons. The minimum Gasteiger partial charge on any atom is -0.399 e. The number of nitrogen functional groups attached to an aromatic ring is 2. The first-order chi connectivity index (χ1) is 5.74. The van der Waals surface area contributed by atoms with Crippen LogP contribution in [0.5, 0.6) is 0 Å². The van der Waals surface area contributed by atoms with Gasteiger partial charge in [-0.15, -0.1) is 18.3 Å². The van der Waals surface area contributed by atoms with Crippen LogP contribution in [0.25, 0.3) is 0 Å². The highest BCUT2D eigenvalue weighted by atomic mass is 32.2. The van der Waals surface area contributed by atoms with Gasteiger partial charge in [0, 0.05) is 22.0 Å². The van der Waals surface area contributed by atoms with E-state index in [1.807, 2.05) is 18.2 Å². The zero-order valence-electron chi connectivity index (χ0n) is 6.79. The van der Waals surface area contributed by atoms with E-state index in [-0.39, 0.29) is 0 Å². The van der Waals surface area contributed by atoms with Crippen molar-refractivity contribution in [3.05, 3.63) is 30.9 Å². The first-order valence-electron chi connectivity index (χ1n) is 3.62. The summed E-state index contributed by atoms with van der Waals surface area (Å²) in [6.45, 7) is 3.63. The van der Waals surface area contributed by atoms with E-state index < -0.39 is 0 Å². The molecule has 0 spiro atoms. The molecule has 3 heteroatoms. The third-order valence-corrected chi connectivity index (χ3v) is 2.46. The summed E-state index contributed by atoms with van der Waals surface area (Å²) < 4.78 is 0. The van der Waals surface area contributed by atoms with Gasteiger partial charge in [0.05, 0.1) is 0 Å². The lowest BCUT2D eigenvalue weighted by Crippen LogP contribution is -1.91. The molecule has 4 N–H and O–H groups in total. The molecule has 0 saturated carbocycles. The smallest absolute Gasteiger partial charge is 0.0453 e. The Morgan fingerprint density at radius 3 is 2.83 bits per heavy atom. The van der Waals surface area contributed by atoms with Crippen molar-refractivity contribution in [2.45, 2.75) is 4.90 Å². The molecule has 1 aromatic rings. The van der Waals surface area contributed by atoms with Crippen molar-refractivity contribution >= 4 is 23.1 Å². The van der Waals surface area contributed by atoms with Crippen LogP contribution < -0.4 is 11.5 Å². The van der Waals surface area contributed by atoms with Gasteiger partial charge in [0.2, 0.25) is 0 Å². The van der Waals surface area contributed by atoms with Gasteiger partial charge >= 0.3 is 0 Å². The molecule has 1 rings (SSSR count). The Morgan fingerprint density at radius 1 is 1.42 bits per heavy atom. The molecule has 0 aliphatic carbocycles. The molecule has 0 saturated heterocycles. The molecule has 1 aromatic carbocycles. The van der Waals surface area contributed by atoms with Crippen LogP contribution in [-0.4, -0.2) is 5.75 Å². The van der Waals surface area contributed by atoms with Crippen LogP contribution in [0.15, 0.2) is 35.7 Å². The quantitative estimate of drug-likeness (QED) is 0.425. The minimum absolute atomic E-state index is 0.746. The lowest BCUT2D eigenvalue weighted by Gasteiger charge is -2.03. The van der Waals surface area contributed by atoms with Gasteiger partial charge in [-0.25, -0.2) is 0 Å². The Hall–Kier alpha value is -1.09. The molecule has 12 heavy (non-hydrogen) atoms. The number of rotatable bonds is 3. The van der Waals surface area contributed by atoms with Crippen LogP contribution in [0, 0.1) is 0 Å². The summed E-state index contributed by atoms with van der Waals surface area (Å²) in [6.07, 6.45) is 1.84. The van der Waals surface area contributed by atoms with Crippen molar-refractivity contribution in [1.82, 2.24) is 0 Å². The second-order valence-corrected chi connectivity index (χ2v) is 3.46. The lowest BCUT2D eigenvalue weighted by molar-refractivity contribution is 1.46. The zero-order valence-corrected chi connectivity index (χ0v) is 7.60. The fourth-order valence-electron chi connectivity index (χ4n) is 0.825. The molecule has 0 atom stereocenters. The molecule has 0 fully saturated rings. The highest BCUT2D eigenvalue weighted by molar-refractivity contribution is 7.99. The Kier molecular flexibility index (Phi) is 3.05. The van der Waals surface area contributed by atoms with Gasteiger partial charge in [0.15, 0.2) is 0 Å². The largest absolute Gasteiger partial charge is 0.399 e. The van der Waals surface area contributed by atoms with Gasteiger partial charge in [-0.3, -0.25) is 0 Å². The third kappa shape index (κ3) is 2.20. The molecule has 0 amide bonds. The van der Waals surface area contributed by atoms with Crippen LogP contribution in [0.4, 0.5) is 11.4 Å². The lowest BCUT2D eigenvalue weighted by atomic mass is 10.3. The molecule has 0 aromatic heterocycles. The van der Waals surface area contributed by atoms with E-state index in [4.69, 9.17) is 11.5 Å². The van der Waals surface area contributed by atoms with Gasteiger partial charge in [-0.1, -0.05) is 6.08 Å². The first kappa shape index (κ1) is 9.00. The number of benzene rings is 1. The van der Waals surface area contributed by atoms with Crippen molar-refractivity contribution in [3.8, 4) is 0 Å². The average Bonchev–Trinajstić information content (AvgIpc) is 2.07. The number of thioether (sulfide) groups is 1. The molecule has 2 nitrogen and oxygen atoms in total. The number of anilines is 2. The van der Waals surface area contributed by atoms with Gasteiger partial charge in [-0.2, -0.15) is 0 Å². The number of nitrogens with two attached hydrogens (primary N) is 2. The minimum atomic E-state index is 0.746. The van der Waals surface area contributed by atoms with Crippen molar-refractivity contribution in [2.24, 2.45) is 0 Å². The summed E-state index contributed by atoms with van der Waals surface area (Å²) in [5.41, 5.74) is 12.8. The van der Waals surface area contributed by atoms with Gasteiger partial charge in [-0.05, 0) is 18.2 Å². The van der Waals surface area contributed by atoms with Crippen LogP contribution in [0.3, 0.4) is 0 Å². The normalized spacial score (nSPS) is 9.67.